The van der Waals surface area contributed by atoms with Gasteiger partial charge in [0.2, 0.25) is 0 Å². The fourth-order valence-corrected chi connectivity index (χ4v) is 2.77. The first-order valence-corrected chi connectivity index (χ1v) is 7.63. The molecular weight excluding hydrogens is 349 g/mol. The van der Waals surface area contributed by atoms with Crippen molar-refractivity contribution in [2.24, 2.45) is 0 Å². The molecule has 0 bridgehead atoms. The summed E-state index contributed by atoms with van der Waals surface area (Å²) in [6, 6.07) is 11.6. The zero-order valence-electron chi connectivity index (χ0n) is 11.8. The van der Waals surface area contributed by atoms with Crippen molar-refractivity contribution < 1.29 is 13.9 Å². The smallest absolute Gasteiger partial charge is 0.340 e. The minimum absolute atomic E-state index is 0.294. The highest BCUT2D eigenvalue weighted by Gasteiger charge is 2.21. The van der Waals surface area contributed by atoms with Gasteiger partial charge in [-0.2, -0.15) is 0 Å². The van der Waals surface area contributed by atoms with Crippen LogP contribution >= 0.6 is 15.9 Å². The van der Waals surface area contributed by atoms with Crippen molar-refractivity contribution in [2.75, 3.05) is 6.61 Å². The van der Waals surface area contributed by atoms with E-state index in [1.165, 1.54) is 12.1 Å². The van der Waals surface area contributed by atoms with Crippen molar-refractivity contribution >= 4 is 32.8 Å². The number of carbonyl (C=O) groups is 1. The summed E-state index contributed by atoms with van der Waals surface area (Å²) in [7, 11) is 0. The van der Waals surface area contributed by atoms with E-state index in [2.05, 4.69) is 20.9 Å². The number of nitrogens with one attached hydrogen (secondary N) is 1. The predicted octanol–water partition coefficient (Wildman–Crippen LogP) is 4.91. The maximum Gasteiger partial charge on any atom is 0.340 e. The van der Waals surface area contributed by atoms with E-state index in [-0.39, 0.29) is 5.82 Å². The Hall–Kier alpha value is -2.14. The third-order valence-electron chi connectivity index (χ3n) is 3.37. The van der Waals surface area contributed by atoms with Crippen molar-refractivity contribution in [3.63, 3.8) is 0 Å². The summed E-state index contributed by atoms with van der Waals surface area (Å²) >= 11 is 3.41. The molecule has 3 nitrogen and oxygen atoms in total. The molecule has 2 aromatic carbocycles. The quantitative estimate of drug-likeness (QED) is 0.673. The van der Waals surface area contributed by atoms with Crippen LogP contribution < -0.4 is 0 Å². The number of halogens is 2. The number of hydrogen-bond acceptors (Lipinski definition) is 2. The minimum atomic E-state index is -0.397. The molecule has 0 radical (unpaired) electrons. The largest absolute Gasteiger partial charge is 0.462 e. The van der Waals surface area contributed by atoms with Gasteiger partial charge in [0, 0.05) is 15.4 Å². The zero-order valence-corrected chi connectivity index (χ0v) is 13.4. The first-order valence-electron chi connectivity index (χ1n) is 6.84. The van der Waals surface area contributed by atoms with E-state index in [1.54, 1.807) is 19.1 Å². The summed E-state index contributed by atoms with van der Waals surface area (Å²) in [5, 5.41) is 0.771. The number of esters is 1. The zero-order chi connectivity index (χ0) is 15.7. The maximum atomic E-state index is 13.1. The first kappa shape index (κ1) is 14.8. The summed E-state index contributed by atoms with van der Waals surface area (Å²) in [5.41, 5.74) is 2.65. The number of aromatic amines is 1. The van der Waals surface area contributed by atoms with E-state index in [9.17, 15) is 9.18 Å². The van der Waals surface area contributed by atoms with Gasteiger partial charge in [0.05, 0.1) is 17.9 Å². The van der Waals surface area contributed by atoms with Gasteiger partial charge >= 0.3 is 5.97 Å². The van der Waals surface area contributed by atoms with Crippen LogP contribution in [0.15, 0.2) is 46.9 Å². The van der Waals surface area contributed by atoms with Crippen molar-refractivity contribution in [2.45, 2.75) is 6.92 Å². The van der Waals surface area contributed by atoms with E-state index in [0.717, 1.165) is 20.9 Å². The number of H-pyrrole nitrogens is 1. The molecule has 1 heterocycles. The molecule has 3 aromatic rings. The maximum absolute atomic E-state index is 13.1. The lowest BCUT2D eigenvalue weighted by Crippen LogP contribution is -2.05. The van der Waals surface area contributed by atoms with Gasteiger partial charge in [-0.25, -0.2) is 9.18 Å². The van der Waals surface area contributed by atoms with Gasteiger partial charge in [-0.15, -0.1) is 0 Å². The highest BCUT2D eigenvalue weighted by Crippen LogP contribution is 2.32. The Morgan fingerprint density at radius 1 is 1.23 bits per heavy atom. The van der Waals surface area contributed by atoms with Crippen molar-refractivity contribution in [1.29, 1.82) is 0 Å². The Bertz CT molecular complexity index is 840. The van der Waals surface area contributed by atoms with Gasteiger partial charge in [-0.05, 0) is 55.0 Å². The molecule has 0 saturated carbocycles. The van der Waals surface area contributed by atoms with Gasteiger partial charge in [-0.1, -0.05) is 15.9 Å². The summed E-state index contributed by atoms with van der Waals surface area (Å²) < 4.78 is 19.2. The first-order chi connectivity index (χ1) is 10.6. The molecular formula is C17H13BrFNO2. The number of benzene rings is 2. The lowest BCUT2D eigenvalue weighted by atomic mass is 10.1. The van der Waals surface area contributed by atoms with Gasteiger partial charge in [0.15, 0.2) is 0 Å². The Morgan fingerprint density at radius 3 is 2.64 bits per heavy atom. The molecule has 22 heavy (non-hydrogen) atoms. The standard InChI is InChI=1S/C17H13BrFNO2/c1-2-22-17(21)15-13-9-11(18)5-8-14(13)20-16(15)10-3-6-12(19)7-4-10/h3-9,20H,2H2,1H3. The normalized spacial score (nSPS) is 10.9. The average molecular weight is 362 g/mol. The molecule has 0 aliphatic rings. The Morgan fingerprint density at radius 2 is 1.95 bits per heavy atom. The highest BCUT2D eigenvalue weighted by atomic mass is 79.9. The van der Waals surface area contributed by atoms with E-state index in [4.69, 9.17) is 4.74 Å². The number of aromatic nitrogens is 1. The van der Waals surface area contributed by atoms with Crippen molar-refractivity contribution in [3.05, 3.63) is 58.3 Å². The minimum Gasteiger partial charge on any atom is -0.462 e. The number of carbonyl (C=O) groups excluding carboxylic acids is 1. The van der Waals surface area contributed by atoms with Crippen molar-refractivity contribution in [1.82, 2.24) is 4.98 Å². The fraction of sp³-hybridized carbons (Fsp3) is 0.118. The lowest BCUT2D eigenvalue weighted by Gasteiger charge is -2.05. The molecule has 0 fully saturated rings. The lowest BCUT2D eigenvalue weighted by molar-refractivity contribution is 0.0529. The van der Waals surface area contributed by atoms with Crippen LogP contribution in [0.5, 0.6) is 0 Å². The molecule has 0 unspecified atom stereocenters. The van der Waals surface area contributed by atoms with Crippen LogP contribution in [0.25, 0.3) is 22.2 Å². The topological polar surface area (TPSA) is 42.1 Å². The van der Waals surface area contributed by atoms with Gasteiger partial charge in [-0.3, -0.25) is 0 Å². The third-order valence-corrected chi connectivity index (χ3v) is 3.87. The summed E-state index contributed by atoms with van der Waals surface area (Å²) in [6.45, 7) is 2.06. The van der Waals surface area contributed by atoms with Crippen LogP contribution in [0.3, 0.4) is 0 Å². The molecule has 1 N–H and O–H groups in total. The van der Waals surface area contributed by atoms with Crippen LogP contribution in [-0.4, -0.2) is 17.6 Å². The summed E-state index contributed by atoms with van der Waals surface area (Å²) in [4.78, 5) is 15.6. The van der Waals surface area contributed by atoms with E-state index < -0.39 is 5.97 Å². The number of fused-ring (bicyclic) bond motifs is 1. The highest BCUT2D eigenvalue weighted by molar-refractivity contribution is 9.10. The monoisotopic (exact) mass is 361 g/mol. The Balaban J connectivity index is 2.26. The Kier molecular flexibility index (Phi) is 3.98. The van der Waals surface area contributed by atoms with Gasteiger partial charge in [0.25, 0.3) is 0 Å². The molecule has 1 aromatic heterocycles. The molecule has 0 aliphatic carbocycles. The molecule has 0 aliphatic heterocycles. The SMILES string of the molecule is CCOC(=O)c1c(-c2ccc(F)cc2)[nH]c2ccc(Br)cc12. The number of rotatable bonds is 3. The average Bonchev–Trinajstić information content (AvgIpc) is 2.86. The van der Waals surface area contributed by atoms with Crippen LogP contribution in [0.1, 0.15) is 17.3 Å². The number of hydrogen-bond donors (Lipinski definition) is 1. The second-order valence-corrected chi connectivity index (χ2v) is 5.71. The van der Waals surface area contributed by atoms with E-state index in [1.807, 2.05) is 18.2 Å². The molecule has 5 heteroatoms. The van der Waals surface area contributed by atoms with Gasteiger partial charge < -0.3 is 9.72 Å². The van der Waals surface area contributed by atoms with E-state index >= 15 is 0 Å². The van der Waals surface area contributed by atoms with Crippen LogP contribution in [0.2, 0.25) is 0 Å². The number of ether oxygens (including phenoxy) is 1. The van der Waals surface area contributed by atoms with Crippen LogP contribution in [0, 0.1) is 5.82 Å². The second-order valence-electron chi connectivity index (χ2n) is 4.79. The molecule has 0 amide bonds. The third kappa shape index (κ3) is 2.64. The van der Waals surface area contributed by atoms with Crippen molar-refractivity contribution in [3.8, 4) is 11.3 Å². The van der Waals surface area contributed by atoms with E-state index in [0.29, 0.717) is 17.9 Å². The summed E-state index contributed by atoms with van der Waals surface area (Å²) in [6.07, 6.45) is 0. The predicted molar refractivity (Wildman–Crippen MR) is 87.3 cm³/mol. The molecule has 3 rings (SSSR count). The Labute approximate surface area is 135 Å². The van der Waals surface area contributed by atoms with Gasteiger partial charge in [0.1, 0.15) is 5.82 Å². The van der Waals surface area contributed by atoms with Crippen LogP contribution in [0.4, 0.5) is 4.39 Å². The summed E-state index contributed by atoms with van der Waals surface area (Å²) in [5.74, 6) is -0.716. The molecule has 112 valence electrons. The molecule has 0 atom stereocenters. The molecule has 0 spiro atoms. The molecule has 0 saturated heterocycles. The van der Waals surface area contributed by atoms with Crippen LogP contribution in [-0.2, 0) is 4.74 Å². The second kappa shape index (κ2) is 5.93. The fourth-order valence-electron chi connectivity index (χ4n) is 2.41.